The van der Waals surface area contributed by atoms with Crippen molar-refractivity contribution in [3.8, 4) is 5.69 Å². The molecule has 0 radical (unpaired) electrons. The molecule has 2 aromatic heterocycles. The average Bonchev–Trinajstić information content (AvgIpc) is 3.26. The molecule has 162 valence electrons. The van der Waals surface area contributed by atoms with Gasteiger partial charge in [0, 0.05) is 12.7 Å². The molecule has 0 saturated heterocycles. The van der Waals surface area contributed by atoms with Gasteiger partial charge in [-0.3, -0.25) is 9.89 Å². The Labute approximate surface area is 174 Å². The van der Waals surface area contributed by atoms with Gasteiger partial charge in [-0.2, -0.15) is 13.2 Å². The van der Waals surface area contributed by atoms with E-state index < -0.39 is 21.9 Å². The molecule has 31 heavy (non-hydrogen) atoms. The number of hydrogen-bond donors (Lipinski definition) is 2. The SMILES string of the molecule is CCCCNC(=O)[N+]1(C)N=Cc2c1ncc1c(=O)n(-c3ccc(C(F)(F)F)cc3)[nH]c21. The van der Waals surface area contributed by atoms with E-state index in [9.17, 15) is 22.8 Å². The number of pyridine rings is 1. The molecule has 0 spiro atoms. The van der Waals surface area contributed by atoms with Gasteiger partial charge < -0.3 is 5.32 Å². The van der Waals surface area contributed by atoms with Crippen LogP contribution >= 0.6 is 0 Å². The number of carbonyl (C=O) groups excluding carboxylic acids is 1. The molecule has 0 bridgehead atoms. The summed E-state index contributed by atoms with van der Waals surface area (Å²) in [6.07, 6.45) is 0.111. The van der Waals surface area contributed by atoms with Crippen LogP contribution in [0.3, 0.4) is 0 Å². The number of unbranched alkanes of at least 4 members (excludes halogenated alkanes) is 1. The van der Waals surface area contributed by atoms with Crippen LogP contribution in [0.2, 0.25) is 0 Å². The van der Waals surface area contributed by atoms with Crippen molar-refractivity contribution in [1.82, 2.24) is 24.7 Å². The van der Waals surface area contributed by atoms with Gasteiger partial charge in [0.05, 0.1) is 22.2 Å². The van der Waals surface area contributed by atoms with Crippen molar-refractivity contribution >= 4 is 29.0 Å². The number of rotatable bonds is 4. The van der Waals surface area contributed by atoms with Crippen LogP contribution in [-0.4, -0.2) is 40.6 Å². The second kappa shape index (κ2) is 7.34. The van der Waals surface area contributed by atoms with Crippen LogP contribution in [0.5, 0.6) is 0 Å². The maximum absolute atomic E-state index is 12.8. The third-order valence-electron chi connectivity index (χ3n) is 5.24. The summed E-state index contributed by atoms with van der Waals surface area (Å²) < 4.78 is 39.2. The Hall–Kier alpha value is -3.47. The lowest BCUT2D eigenvalue weighted by Crippen LogP contribution is -2.51. The molecule has 3 aromatic rings. The van der Waals surface area contributed by atoms with E-state index in [-0.39, 0.29) is 17.1 Å². The largest absolute Gasteiger partial charge is 0.449 e. The van der Waals surface area contributed by atoms with Gasteiger partial charge in [0.25, 0.3) is 11.4 Å². The zero-order chi connectivity index (χ0) is 22.4. The summed E-state index contributed by atoms with van der Waals surface area (Å²) in [6, 6.07) is 3.89. The topological polar surface area (TPSA) is 92.1 Å². The number of fused-ring (bicyclic) bond motifs is 3. The molecule has 8 nitrogen and oxygen atoms in total. The molecular weight excluding hydrogens is 413 g/mol. The summed E-state index contributed by atoms with van der Waals surface area (Å²) in [5.74, 6) is 0.349. The Morgan fingerprint density at radius 2 is 1.97 bits per heavy atom. The van der Waals surface area contributed by atoms with Crippen LogP contribution < -0.4 is 15.5 Å². The van der Waals surface area contributed by atoms with Crippen molar-refractivity contribution in [1.29, 1.82) is 0 Å². The van der Waals surface area contributed by atoms with Gasteiger partial charge in [0.1, 0.15) is 18.8 Å². The van der Waals surface area contributed by atoms with E-state index >= 15 is 0 Å². The lowest BCUT2D eigenvalue weighted by atomic mass is 10.2. The first kappa shape index (κ1) is 20.8. The molecule has 4 rings (SSSR count). The standard InChI is InChI=1S/C20H19F3N6O2/c1-3-4-9-24-19(31)29(2)17-14(11-26-29)16-15(10-25-17)18(30)28(27-16)13-7-5-12(6-8-13)20(21,22)23/h5-8,10-11H,3-4,9H2,1-2H3,(H-,24,25,26,27,30,31)/p+1. The minimum atomic E-state index is -4.47. The highest BCUT2D eigenvalue weighted by atomic mass is 19.4. The van der Waals surface area contributed by atoms with Gasteiger partial charge in [0.2, 0.25) is 0 Å². The van der Waals surface area contributed by atoms with Gasteiger partial charge in [-0.1, -0.05) is 23.0 Å². The maximum Gasteiger partial charge on any atom is 0.449 e. The molecular formula is C20H20F3N6O2+. The molecule has 1 aliphatic rings. The summed E-state index contributed by atoms with van der Waals surface area (Å²) in [5.41, 5.74) is -0.146. The molecule has 1 atom stereocenters. The van der Waals surface area contributed by atoms with E-state index in [4.69, 9.17) is 0 Å². The fourth-order valence-corrected chi connectivity index (χ4v) is 3.44. The van der Waals surface area contributed by atoms with Crippen molar-refractivity contribution in [3.63, 3.8) is 0 Å². The molecule has 0 saturated carbocycles. The number of H-pyrrole nitrogens is 1. The van der Waals surface area contributed by atoms with E-state index in [1.807, 2.05) is 6.92 Å². The minimum absolute atomic E-state index is 0.241. The number of urea groups is 1. The number of amides is 2. The Morgan fingerprint density at radius 1 is 1.26 bits per heavy atom. The maximum atomic E-state index is 12.8. The van der Waals surface area contributed by atoms with Crippen molar-refractivity contribution in [3.05, 3.63) is 51.9 Å². The molecule has 0 aliphatic carbocycles. The summed E-state index contributed by atoms with van der Waals surface area (Å²) in [7, 11) is 1.59. The van der Waals surface area contributed by atoms with E-state index in [0.717, 1.165) is 29.7 Å². The van der Waals surface area contributed by atoms with Crippen LogP contribution in [0.15, 0.2) is 40.4 Å². The monoisotopic (exact) mass is 433 g/mol. The first-order chi connectivity index (χ1) is 14.7. The molecule has 1 aliphatic heterocycles. The molecule has 1 aromatic carbocycles. The number of hydrogen-bond acceptors (Lipinski definition) is 4. The summed E-state index contributed by atoms with van der Waals surface area (Å²) >= 11 is 0. The second-order valence-electron chi connectivity index (χ2n) is 7.37. The van der Waals surface area contributed by atoms with Gasteiger partial charge in [-0.05, 0) is 30.7 Å². The van der Waals surface area contributed by atoms with Crippen molar-refractivity contribution in [2.24, 2.45) is 5.10 Å². The van der Waals surface area contributed by atoms with E-state index in [2.05, 4.69) is 20.5 Å². The zero-order valence-corrected chi connectivity index (χ0v) is 16.8. The fourth-order valence-electron chi connectivity index (χ4n) is 3.44. The van der Waals surface area contributed by atoms with Crippen molar-refractivity contribution < 1.29 is 18.0 Å². The number of quaternary nitrogens is 1. The van der Waals surface area contributed by atoms with Crippen LogP contribution in [0.4, 0.5) is 23.8 Å². The molecule has 2 N–H and O–H groups in total. The molecule has 0 fully saturated rings. The molecule has 1 unspecified atom stereocenters. The van der Waals surface area contributed by atoms with Crippen LogP contribution in [0, 0.1) is 0 Å². The summed E-state index contributed by atoms with van der Waals surface area (Å²) in [4.78, 5) is 29.8. The fraction of sp³-hybridized carbons (Fsp3) is 0.300. The van der Waals surface area contributed by atoms with Gasteiger partial charge >= 0.3 is 12.2 Å². The first-order valence-corrected chi connectivity index (χ1v) is 9.69. The van der Waals surface area contributed by atoms with E-state index in [1.165, 1.54) is 24.5 Å². The predicted molar refractivity (Wildman–Crippen MR) is 110 cm³/mol. The quantitative estimate of drug-likeness (QED) is 0.487. The Morgan fingerprint density at radius 3 is 2.61 bits per heavy atom. The van der Waals surface area contributed by atoms with Crippen molar-refractivity contribution in [2.45, 2.75) is 25.9 Å². The predicted octanol–water partition coefficient (Wildman–Crippen LogP) is 3.53. The average molecular weight is 433 g/mol. The molecule has 11 heteroatoms. The molecule has 2 amide bonds. The number of nitrogens with one attached hydrogen (secondary N) is 2. The number of aromatic amines is 1. The normalized spacial score (nSPS) is 17.8. The smallest absolute Gasteiger partial charge is 0.303 e. The Kier molecular flexibility index (Phi) is 4.92. The highest BCUT2D eigenvalue weighted by Crippen LogP contribution is 2.33. The number of carbonyl (C=O) groups is 1. The number of alkyl halides is 3. The minimum Gasteiger partial charge on any atom is -0.303 e. The van der Waals surface area contributed by atoms with Crippen LogP contribution in [0.1, 0.15) is 30.9 Å². The first-order valence-electron chi connectivity index (χ1n) is 9.69. The molecule has 3 heterocycles. The van der Waals surface area contributed by atoms with E-state index in [0.29, 0.717) is 23.4 Å². The number of benzene rings is 1. The zero-order valence-electron chi connectivity index (χ0n) is 16.8. The second-order valence-corrected chi connectivity index (χ2v) is 7.37. The van der Waals surface area contributed by atoms with Gasteiger partial charge in [-0.25, -0.2) is 14.5 Å². The van der Waals surface area contributed by atoms with Gasteiger partial charge in [0.15, 0.2) is 0 Å². The highest BCUT2D eigenvalue weighted by molar-refractivity contribution is 6.07. The summed E-state index contributed by atoms with van der Waals surface area (Å²) in [6.45, 7) is 2.53. The lowest BCUT2D eigenvalue weighted by molar-refractivity contribution is -0.137. The number of halogens is 3. The van der Waals surface area contributed by atoms with Crippen LogP contribution in [0.25, 0.3) is 16.6 Å². The number of aromatic nitrogens is 3. The Bertz CT molecular complexity index is 1240. The van der Waals surface area contributed by atoms with Crippen molar-refractivity contribution in [2.75, 3.05) is 13.6 Å². The van der Waals surface area contributed by atoms with E-state index in [1.54, 1.807) is 7.05 Å². The lowest BCUT2D eigenvalue weighted by Gasteiger charge is -2.20. The Balaban J connectivity index is 1.74. The highest BCUT2D eigenvalue weighted by Gasteiger charge is 2.43. The third-order valence-corrected chi connectivity index (χ3v) is 5.24. The third kappa shape index (κ3) is 3.40. The number of nitrogens with zero attached hydrogens (tertiary/aromatic N) is 4. The summed E-state index contributed by atoms with van der Waals surface area (Å²) in [5, 5.41) is 10.3. The van der Waals surface area contributed by atoms with Gasteiger partial charge in [-0.15, -0.1) is 0 Å². The van der Waals surface area contributed by atoms with Crippen LogP contribution in [-0.2, 0) is 6.18 Å².